The van der Waals surface area contributed by atoms with Crippen LogP contribution in [-0.2, 0) is 18.3 Å². The smallest absolute Gasteiger partial charge is 0.254 e. The molecule has 0 spiro atoms. The van der Waals surface area contributed by atoms with E-state index in [0.29, 0.717) is 38.2 Å². The molecule has 2 heterocycles. The summed E-state index contributed by atoms with van der Waals surface area (Å²) in [4.78, 5) is 41.6. The molecule has 0 radical (unpaired) electrons. The predicted octanol–water partition coefficient (Wildman–Crippen LogP) is 2.85. The van der Waals surface area contributed by atoms with Crippen molar-refractivity contribution in [2.24, 2.45) is 7.05 Å². The monoisotopic (exact) mass is 417 g/mol. The molecule has 1 aliphatic rings. The first-order chi connectivity index (χ1) is 15.0. The second-order valence-electron chi connectivity index (χ2n) is 7.98. The van der Waals surface area contributed by atoms with Crippen LogP contribution in [0.5, 0.6) is 0 Å². The average molecular weight is 418 g/mol. The summed E-state index contributed by atoms with van der Waals surface area (Å²) in [6.07, 6.45) is 2.23. The molecule has 4 rings (SSSR count). The minimum absolute atomic E-state index is 0.141. The van der Waals surface area contributed by atoms with Crippen molar-refractivity contribution in [3.63, 3.8) is 0 Å². The van der Waals surface area contributed by atoms with Gasteiger partial charge in [0.1, 0.15) is 0 Å². The van der Waals surface area contributed by atoms with Crippen LogP contribution in [0.1, 0.15) is 28.8 Å². The zero-order valence-corrected chi connectivity index (χ0v) is 17.8. The maximum atomic E-state index is 13.2. The molecule has 0 atom stereocenters. The Morgan fingerprint density at radius 1 is 0.871 bits per heavy atom. The summed E-state index contributed by atoms with van der Waals surface area (Å²) in [5, 5.41) is 0.772. The van der Waals surface area contributed by atoms with Gasteiger partial charge in [0, 0.05) is 51.1 Å². The van der Waals surface area contributed by atoms with Gasteiger partial charge in [-0.2, -0.15) is 0 Å². The normalized spacial score (nSPS) is 14.1. The summed E-state index contributed by atoms with van der Waals surface area (Å²) in [5.74, 6) is -0.00728. The quantitative estimate of drug-likeness (QED) is 0.641. The van der Waals surface area contributed by atoms with Crippen molar-refractivity contribution in [2.45, 2.75) is 19.3 Å². The number of aryl methyl sites for hydroxylation is 2. The van der Waals surface area contributed by atoms with Crippen molar-refractivity contribution < 1.29 is 9.59 Å². The van der Waals surface area contributed by atoms with Crippen LogP contribution in [0.4, 0.5) is 0 Å². The molecule has 0 unspecified atom stereocenters. The number of piperazine rings is 1. The Hall–Kier alpha value is -3.41. The Kier molecular flexibility index (Phi) is 6.16. The summed E-state index contributed by atoms with van der Waals surface area (Å²) in [6, 6.07) is 19.0. The number of fused-ring (bicyclic) bond motifs is 1. The zero-order chi connectivity index (χ0) is 21.8. The first-order valence-electron chi connectivity index (χ1n) is 10.7. The predicted molar refractivity (Wildman–Crippen MR) is 121 cm³/mol. The van der Waals surface area contributed by atoms with Gasteiger partial charge in [-0.25, -0.2) is 0 Å². The molecule has 1 aliphatic heterocycles. The highest BCUT2D eigenvalue weighted by Gasteiger charge is 2.26. The van der Waals surface area contributed by atoms with E-state index in [9.17, 15) is 14.4 Å². The highest BCUT2D eigenvalue weighted by atomic mass is 16.2. The molecule has 0 bridgehead atoms. The van der Waals surface area contributed by atoms with Crippen molar-refractivity contribution in [3.8, 4) is 0 Å². The number of nitrogens with zero attached hydrogens (tertiary/aromatic N) is 3. The second-order valence-corrected chi connectivity index (χ2v) is 7.98. The molecule has 0 N–H and O–H groups in total. The van der Waals surface area contributed by atoms with E-state index in [1.54, 1.807) is 16.5 Å². The maximum Gasteiger partial charge on any atom is 0.254 e. The van der Waals surface area contributed by atoms with Gasteiger partial charge in [-0.05, 0) is 24.5 Å². The number of carbonyl (C=O) groups is 2. The van der Waals surface area contributed by atoms with Crippen molar-refractivity contribution >= 4 is 22.7 Å². The fourth-order valence-electron chi connectivity index (χ4n) is 4.16. The summed E-state index contributed by atoms with van der Waals surface area (Å²) in [5.41, 5.74) is 2.22. The van der Waals surface area contributed by atoms with Crippen LogP contribution in [-0.4, -0.2) is 52.4 Å². The van der Waals surface area contributed by atoms with Gasteiger partial charge in [0.15, 0.2) is 0 Å². The first-order valence-corrected chi connectivity index (χ1v) is 10.7. The summed E-state index contributed by atoms with van der Waals surface area (Å²) < 4.78 is 1.55. The molecule has 160 valence electrons. The van der Waals surface area contributed by atoms with E-state index in [-0.39, 0.29) is 17.4 Å². The van der Waals surface area contributed by atoms with E-state index >= 15 is 0 Å². The zero-order valence-electron chi connectivity index (χ0n) is 17.8. The molecule has 1 saturated heterocycles. The van der Waals surface area contributed by atoms with Crippen LogP contribution in [0.25, 0.3) is 10.9 Å². The first kappa shape index (κ1) is 20.8. The van der Waals surface area contributed by atoms with Gasteiger partial charge < -0.3 is 14.4 Å². The Morgan fingerprint density at radius 3 is 2.26 bits per heavy atom. The lowest BCUT2D eigenvalue weighted by Gasteiger charge is -2.35. The van der Waals surface area contributed by atoms with Gasteiger partial charge >= 0.3 is 0 Å². The largest absolute Gasteiger partial charge is 0.339 e. The summed E-state index contributed by atoms with van der Waals surface area (Å²) in [6.45, 7) is 2.01. The van der Waals surface area contributed by atoms with Gasteiger partial charge in [0.2, 0.25) is 5.91 Å². The van der Waals surface area contributed by atoms with Crippen molar-refractivity contribution in [1.29, 1.82) is 0 Å². The Morgan fingerprint density at radius 2 is 1.52 bits per heavy atom. The van der Waals surface area contributed by atoms with E-state index in [4.69, 9.17) is 0 Å². The molecule has 6 heteroatoms. The lowest BCUT2D eigenvalue weighted by Crippen LogP contribution is -2.50. The van der Waals surface area contributed by atoms with E-state index in [1.165, 1.54) is 11.6 Å². The molecule has 2 amide bonds. The van der Waals surface area contributed by atoms with Crippen LogP contribution in [0.15, 0.2) is 65.5 Å². The highest BCUT2D eigenvalue weighted by Crippen LogP contribution is 2.19. The number of aromatic nitrogens is 1. The molecule has 1 fully saturated rings. The molecule has 0 aliphatic carbocycles. The van der Waals surface area contributed by atoms with Crippen molar-refractivity contribution in [3.05, 3.63) is 82.1 Å². The lowest BCUT2D eigenvalue weighted by molar-refractivity contribution is -0.132. The number of hydrogen-bond acceptors (Lipinski definition) is 3. The third-order valence-corrected chi connectivity index (χ3v) is 6.00. The number of rotatable bonds is 5. The highest BCUT2D eigenvalue weighted by molar-refractivity contribution is 6.06. The minimum Gasteiger partial charge on any atom is -0.339 e. The van der Waals surface area contributed by atoms with Gasteiger partial charge in [0.05, 0.1) is 11.1 Å². The summed E-state index contributed by atoms with van der Waals surface area (Å²) in [7, 11) is 1.71. The topological polar surface area (TPSA) is 62.6 Å². The lowest BCUT2D eigenvalue weighted by atomic mass is 10.1. The molecular weight excluding hydrogens is 390 g/mol. The Bertz CT molecular complexity index is 1150. The molecule has 2 aromatic carbocycles. The Balaban J connectivity index is 1.36. The standard InChI is InChI=1S/C25H27N3O3/c1-26-22-12-6-5-11-20(22)21(18-24(26)30)25(31)28-16-14-27(15-17-28)23(29)13-7-10-19-8-3-2-4-9-19/h2-6,8-9,11-12,18H,7,10,13-17H2,1H3. The van der Waals surface area contributed by atoms with Gasteiger partial charge in [-0.1, -0.05) is 48.5 Å². The van der Waals surface area contributed by atoms with E-state index < -0.39 is 0 Å². The van der Waals surface area contributed by atoms with Gasteiger partial charge in [-0.15, -0.1) is 0 Å². The SMILES string of the molecule is Cn1c(=O)cc(C(=O)N2CCN(C(=O)CCCc3ccccc3)CC2)c2ccccc21. The number of para-hydroxylation sites is 1. The molecule has 3 aromatic rings. The number of amides is 2. The number of hydrogen-bond donors (Lipinski definition) is 0. The molecule has 1 aromatic heterocycles. The molecule has 31 heavy (non-hydrogen) atoms. The average Bonchev–Trinajstić information content (AvgIpc) is 2.82. The third-order valence-electron chi connectivity index (χ3n) is 6.00. The summed E-state index contributed by atoms with van der Waals surface area (Å²) >= 11 is 0. The van der Waals surface area contributed by atoms with Crippen LogP contribution in [0.2, 0.25) is 0 Å². The third kappa shape index (κ3) is 4.53. The van der Waals surface area contributed by atoms with Gasteiger partial charge in [-0.3, -0.25) is 14.4 Å². The fourth-order valence-corrected chi connectivity index (χ4v) is 4.16. The molecular formula is C25H27N3O3. The van der Waals surface area contributed by atoms with Crippen molar-refractivity contribution in [1.82, 2.24) is 14.4 Å². The molecule has 6 nitrogen and oxygen atoms in total. The van der Waals surface area contributed by atoms with Gasteiger partial charge in [0.25, 0.3) is 11.5 Å². The Labute approximate surface area is 181 Å². The van der Waals surface area contributed by atoms with Crippen LogP contribution in [0.3, 0.4) is 0 Å². The van der Waals surface area contributed by atoms with Crippen LogP contribution >= 0.6 is 0 Å². The minimum atomic E-state index is -0.200. The fraction of sp³-hybridized carbons (Fsp3) is 0.320. The molecule has 0 saturated carbocycles. The number of pyridine rings is 1. The van der Waals surface area contributed by atoms with Crippen LogP contribution in [0, 0.1) is 0 Å². The number of benzene rings is 2. The van der Waals surface area contributed by atoms with E-state index in [1.807, 2.05) is 47.4 Å². The second kappa shape index (κ2) is 9.16. The maximum absolute atomic E-state index is 13.2. The number of carbonyl (C=O) groups excluding carboxylic acids is 2. The van der Waals surface area contributed by atoms with Crippen LogP contribution < -0.4 is 5.56 Å². The van der Waals surface area contributed by atoms with E-state index in [2.05, 4.69) is 12.1 Å². The van der Waals surface area contributed by atoms with E-state index in [0.717, 1.165) is 23.7 Å². The van der Waals surface area contributed by atoms with Crippen molar-refractivity contribution in [2.75, 3.05) is 26.2 Å².